The molecule has 2 aromatic rings. The Morgan fingerprint density at radius 1 is 1.31 bits per heavy atom. The Balaban J connectivity index is 2.02. The highest BCUT2D eigenvalue weighted by molar-refractivity contribution is 9.10. The van der Waals surface area contributed by atoms with Gasteiger partial charge in [-0.1, -0.05) is 12.1 Å². The molecule has 0 radical (unpaired) electrons. The van der Waals surface area contributed by atoms with Gasteiger partial charge in [0.25, 0.3) is 0 Å². The Labute approximate surface area is 100 Å². The maximum atomic E-state index is 12.9. The van der Waals surface area contributed by atoms with Crippen molar-refractivity contribution in [2.75, 3.05) is 0 Å². The van der Waals surface area contributed by atoms with Crippen LogP contribution in [0.3, 0.4) is 0 Å². The highest BCUT2D eigenvalue weighted by Crippen LogP contribution is 2.12. The van der Waals surface area contributed by atoms with Crippen LogP contribution in [0.5, 0.6) is 5.88 Å². The molecule has 0 saturated carbocycles. The van der Waals surface area contributed by atoms with Crippen LogP contribution in [-0.4, -0.2) is 9.97 Å². The smallest absolute Gasteiger partial charge is 0.233 e. The summed E-state index contributed by atoms with van der Waals surface area (Å²) in [7, 11) is 0. The van der Waals surface area contributed by atoms with E-state index in [1.807, 2.05) is 0 Å². The minimum Gasteiger partial charge on any atom is -0.472 e. The van der Waals surface area contributed by atoms with Gasteiger partial charge in [-0.25, -0.2) is 9.37 Å². The van der Waals surface area contributed by atoms with Gasteiger partial charge in [0.2, 0.25) is 5.88 Å². The van der Waals surface area contributed by atoms with Crippen molar-refractivity contribution < 1.29 is 9.13 Å². The van der Waals surface area contributed by atoms with Gasteiger partial charge >= 0.3 is 0 Å². The standard InChI is InChI=1S/C11H8BrFN2O/c12-10-5-14-6-11(15-10)16-7-8-2-1-3-9(13)4-8/h1-6H,7H2. The van der Waals surface area contributed by atoms with E-state index in [4.69, 9.17) is 4.74 Å². The number of hydrogen-bond donors (Lipinski definition) is 0. The third-order valence-corrected chi connectivity index (χ3v) is 2.24. The molecule has 16 heavy (non-hydrogen) atoms. The molecule has 0 spiro atoms. The van der Waals surface area contributed by atoms with Gasteiger partial charge in [0.15, 0.2) is 0 Å². The first-order valence-electron chi connectivity index (χ1n) is 4.59. The van der Waals surface area contributed by atoms with Gasteiger partial charge in [-0.2, -0.15) is 0 Å². The predicted octanol–water partition coefficient (Wildman–Crippen LogP) is 2.96. The molecule has 1 aromatic carbocycles. The van der Waals surface area contributed by atoms with E-state index in [-0.39, 0.29) is 12.4 Å². The topological polar surface area (TPSA) is 35.0 Å². The number of hydrogen-bond acceptors (Lipinski definition) is 3. The molecule has 0 aliphatic heterocycles. The minimum atomic E-state index is -0.276. The lowest BCUT2D eigenvalue weighted by Crippen LogP contribution is -1.98. The Hall–Kier alpha value is -1.49. The zero-order valence-corrected chi connectivity index (χ0v) is 9.82. The van der Waals surface area contributed by atoms with Crippen LogP contribution in [0.25, 0.3) is 0 Å². The third-order valence-electron chi connectivity index (χ3n) is 1.86. The van der Waals surface area contributed by atoms with Gasteiger partial charge in [-0.15, -0.1) is 0 Å². The molecule has 0 N–H and O–H groups in total. The lowest BCUT2D eigenvalue weighted by molar-refractivity contribution is 0.291. The van der Waals surface area contributed by atoms with E-state index in [9.17, 15) is 4.39 Å². The molecule has 5 heteroatoms. The number of nitrogens with zero attached hydrogens (tertiary/aromatic N) is 2. The van der Waals surface area contributed by atoms with Gasteiger partial charge in [0.05, 0.1) is 12.4 Å². The summed E-state index contributed by atoms with van der Waals surface area (Å²) in [6.45, 7) is 0.267. The molecule has 1 heterocycles. The molecule has 2 rings (SSSR count). The van der Waals surface area contributed by atoms with E-state index < -0.39 is 0 Å². The average Bonchev–Trinajstić information content (AvgIpc) is 2.27. The van der Waals surface area contributed by atoms with Crippen LogP contribution in [-0.2, 0) is 6.61 Å². The van der Waals surface area contributed by atoms with Gasteiger partial charge in [0.1, 0.15) is 17.0 Å². The van der Waals surface area contributed by atoms with E-state index in [0.717, 1.165) is 5.56 Å². The van der Waals surface area contributed by atoms with Crippen LogP contribution in [0.4, 0.5) is 4.39 Å². The van der Waals surface area contributed by atoms with Crippen molar-refractivity contribution in [1.29, 1.82) is 0 Å². The minimum absolute atomic E-state index is 0.267. The molecular weight excluding hydrogens is 275 g/mol. The molecule has 0 atom stereocenters. The Morgan fingerprint density at radius 2 is 2.19 bits per heavy atom. The lowest BCUT2D eigenvalue weighted by Gasteiger charge is -2.04. The van der Waals surface area contributed by atoms with Gasteiger partial charge < -0.3 is 4.74 Å². The van der Waals surface area contributed by atoms with E-state index in [2.05, 4.69) is 25.9 Å². The fourth-order valence-corrected chi connectivity index (χ4v) is 1.47. The molecule has 0 unspecified atom stereocenters. The lowest BCUT2D eigenvalue weighted by atomic mass is 10.2. The quantitative estimate of drug-likeness (QED) is 0.868. The first kappa shape index (κ1) is 11.0. The summed E-state index contributed by atoms with van der Waals surface area (Å²) in [5.41, 5.74) is 0.752. The largest absolute Gasteiger partial charge is 0.472 e. The highest BCUT2D eigenvalue weighted by atomic mass is 79.9. The van der Waals surface area contributed by atoms with E-state index in [0.29, 0.717) is 10.5 Å². The Morgan fingerprint density at radius 3 is 2.94 bits per heavy atom. The summed E-state index contributed by atoms with van der Waals surface area (Å²) < 4.78 is 18.8. The van der Waals surface area contributed by atoms with Crippen LogP contribution < -0.4 is 4.74 Å². The normalized spacial score (nSPS) is 10.1. The van der Waals surface area contributed by atoms with Crippen molar-refractivity contribution in [3.63, 3.8) is 0 Å². The highest BCUT2D eigenvalue weighted by Gasteiger charge is 1.99. The number of aromatic nitrogens is 2. The first-order chi connectivity index (χ1) is 7.74. The maximum absolute atomic E-state index is 12.9. The second-order valence-corrected chi connectivity index (χ2v) is 3.91. The van der Waals surface area contributed by atoms with Gasteiger partial charge in [0, 0.05) is 0 Å². The number of ether oxygens (including phenoxy) is 1. The second-order valence-electron chi connectivity index (χ2n) is 3.10. The van der Waals surface area contributed by atoms with Crippen LogP contribution >= 0.6 is 15.9 Å². The van der Waals surface area contributed by atoms with E-state index in [1.54, 1.807) is 18.3 Å². The number of halogens is 2. The van der Waals surface area contributed by atoms with Crippen LogP contribution in [0.1, 0.15) is 5.56 Å². The first-order valence-corrected chi connectivity index (χ1v) is 5.38. The zero-order chi connectivity index (χ0) is 11.4. The van der Waals surface area contributed by atoms with E-state index >= 15 is 0 Å². The number of rotatable bonds is 3. The second kappa shape index (κ2) is 5.03. The third kappa shape index (κ3) is 3.00. The molecule has 0 amide bonds. The summed E-state index contributed by atoms with van der Waals surface area (Å²) in [5, 5.41) is 0. The summed E-state index contributed by atoms with van der Waals surface area (Å²) in [6.07, 6.45) is 3.07. The Kier molecular flexibility index (Phi) is 3.46. The molecule has 0 fully saturated rings. The van der Waals surface area contributed by atoms with Crippen molar-refractivity contribution in [2.24, 2.45) is 0 Å². The van der Waals surface area contributed by atoms with Crippen molar-refractivity contribution in [3.05, 3.63) is 52.6 Å². The maximum Gasteiger partial charge on any atom is 0.233 e. The molecular formula is C11H8BrFN2O. The summed E-state index contributed by atoms with van der Waals surface area (Å²) in [4.78, 5) is 7.95. The summed E-state index contributed by atoms with van der Waals surface area (Å²) >= 11 is 3.19. The van der Waals surface area contributed by atoms with Crippen molar-refractivity contribution in [2.45, 2.75) is 6.61 Å². The zero-order valence-electron chi connectivity index (χ0n) is 8.23. The van der Waals surface area contributed by atoms with E-state index in [1.165, 1.54) is 18.3 Å². The predicted molar refractivity (Wildman–Crippen MR) is 60.5 cm³/mol. The monoisotopic (exact) mass is 282 g/mol. The van der Waals surface area contributed by atoms with Crippen molar-refractivity contribution in [3.8, 4) is 5.88 Å². The number of benzene rings is 1. The van der Waals surface area contributed by atoms with Gasteiger partial charge in [-0.3, -0.25) is 4.98 Å². The molecule has 0 bridgehead atoms. The summed E-state index contributed by atoms with van der Waals surface area (Å²) in [5.74, 6) is 0.125. The molecule has 1 aromatic heterocycles. The molecule has 0 aliphatic carbocycles. The fraction of sp³-hybridized carbons (Fsp3) is 0.0909. The van der Waals surface area contributed by atoms with Crippen LogP contribution in [0.2, 0.25) is 0 Å². The average molecular weight is 283 g/mol. The van der Waals surface area contributed by atoms with Crippen molar-refractivity contribution in [1.82, 2.24) is 9.97 Å². The van der Waals surface area contributed by atoms with Gasteiger partial charge in [-0.05, 0) is 33.6 Å². The SMILES string of the molecule is Fc1cccc(COc2cncc(Br)n2)c1. The molecule has 0 aliphatic rings. The summed E-state index contributed by atoms with van der Waals surface area (Å²) in [6, 6.07) is 6.24. The van der Waals surface area contributed by atoms with Crippen LogP contribution in [0, 0.1) is 5.82 Å². The molecule has 0 saturated heterocycles. The van der Waals surface area contributed by atoms with Crippen molar-refractivity contribution >= 4 is 15.9 Å². The molecule has 3 nitrogen and oxygen atoms in total. The fourth-order valence-electron chi connectivity index (χ4n) is 1.18. The molecule has 82 valence electrons. The Bertz CT molecular complexity index is 447. The van der Waals surface area contributed by atoms with Crippen LogP contribution in [0.15, 0.2) is 41.3 Å².